The summed E-state index contributed by atoms with van der Waals surface area (Å²) in [5.41, 5.74) is 2.37. The molecule has 3 heterocycles. The van der Waals surface area contributed by atoms with Crippen LogP contribution in [0, 0.1) is 6.92 Å². The van der Waals surface area contributed by atoms with Gasteiger partial charge in [-0.25, -0.2) is 9.97 Å². The molecule has 0 aliphatic heterocycles. The molecule has 0 aliphatic carbocycles. The summed E-state index contributed by atoms with van der Waals surface area (Å²) in [5, 5.41) is 6.99. The van der Waals surface area contributed by atoms with E-state index in [4.69, 9.17) is 4.52 Å². The summed E-state index contributed by atoms with van der Waals surface area (Å²) in [6.45, 7) is 1.76. The first-order chi connectivity index (χ1) is 12.6. The third-order valence-electron chi connectivity index (χ3n) is 3.77. The molecule has 0 bridgehead atoms. The molecule has 4 aromatic rings. The number of aryl methyl sites for hydroxylation is 2. The third kappa shape index (κ3) is 3.02. The van der Waals surface area contributed by atoms with Gasteiger partial charge in [0.05, 0.1) is 16.3 Å². The highest BCUT2D eigenvalue weighted by molar-refractivity contribution is 7.19. The van der Waals surface area contributed by atoms with E-state index in [0.717, 1.165) is 22.0 Å². The average molecular weight is 365 g/mol. The van der Waals surface area contributed by atoms with E-state index in [1.807, 2.05) is 48.1 Å². The summed E-state index contributed by atoms with van der Waals surface area (Å²) in [4.78, 5) is 22.3. The molecule has 8 heteroatoms. The average Bonchev–Trinajstić information content (AvgIpc) is 3.35. The smallest absolute Gasteiger partial charge is 0.296 e. The van der Waals surface area contributed by atoms with E-state index < -0.39 is 0 Å². The number of carbonyl (C=O) groups is 1. The van der Waals surface area contributed by atoms with Gasteiger partial charge in [0, 0.05) is 31.1 Å². The second-order valence-electron chi connectivity index (χ2n) is 5.71. The lowest BCUT2D eigenvalue weighted by molar-refractivity contribution is 0.0988. The zero-order chi connectivity index (χ0) is 18.1. The van der Waals surface area contributed by atoms with Gasteiger partial charge in [0.15, 0.2) is 11.0 Å². The Morgan fingerprint density at radius 2 is 2.08 bits per heavy atom. The van der Waals surface area contributed by atoms with E-state index in [2.05, 4.69) is 20.4 Å². The summed E-state index contributed by atoms with van der Waals surface area (Å²) >= 11 is 1.37. The molecule has 26 heavy (non-hydrogen) atoms. The lowest BCUT2D eigenvalue weighted by Gasteiger charge is -2.02. The Hall–Kier alpha value is -3.26. The molecule has 0 spiro atoms. The van der Waals surface area contributed by atoms with Gasteiger partial charge < -0.3 is 9.09 Å². The molecule has 1 amide bonds. The standard InChI is InChI=1S/C18H15N5O2S/c1-11-10-13(25-22-11)17(24)21-18-20-14(12-6-4-3-5-7-12)15(26-18)16-19-8-9-23(16)2/h3-10H,1-2H3,(H,20,21,24). The number of nitrogens with one attached hydrogen (secondary N) is 1. The van der Waals surface area contributed by atoms with Crippen LogP contribution in [-0.4, -0.2) is 25.6 Å². The van der Waals surface area contributed by atoms with E-state index in [-0.39, 0.29) is 11.7 Å². The van der Waals surface area contributed by atoms with E-state index in [0.29, 0.717) is 10.8 Å². The SMILES string of the molecule is Cc1cc(C(=O)Nc2nc(-c3ccccc3)c(-c3nccn3C)s2)on1. The van der Waals surface area contributed by atoms with Crippen molar-refractivity contribution in [1.29, 1.82) is 0 Å². The second-order valence-corrected chi connectivity index (χ2v) is 6.71. The minimum Gasteiger partial charge on any atom is -0.351 e. The fourth-order valence-electron chi connectivity index (χ4n) is 2.53. The van der Waals surface area contributed by atoms with Crippen molar-refractivity contribution in [3.8, 4) is 22.0 Å². The number of hydrogen-bond donors (Lipinski definition) is 1. The van der Waals surface area contributed by atoms with Crippen molar-refractivity contribution >= 4 is 22.4 Å². The summed E-state index contributed by atoms with van der Waals surface area (Å²) in [7, 11) is 1.92. The third-order valence-corrected chi connectivity index (χ3v) is 4.74. The van der Waals surface area contributed by atoms with Crippen LogP contribution in [0.15, 0.2) is 53.3 Å². The molecule has 0 aliphatic rings. The molecule has 1 N–H and O–H groups in total. The zero-order valence-electron chi connectivity index (χ0n) is 14.1. The number of anilines is 1. The minimum atomic E-state index is -0.384. The number of hydrogen-bond acceptors (Lipinski definition) is 6. The van der Waals surface area contributed by atoms with Gasteiger partial charge in [-0.1, -0.05) is 46.8 Å². The molecule has 3 aromatic heterocycles. The van der Waals surface area contributed by atoms with Crippen molar-refractivity contribution in [3.05, 3.63) is 60.2 Å². The summed E-state index contributed by atoms with van der Waals surface area (Å²) < 4.78 is 6.93. The van der Waals surface area contributed by atoms with Crippen LogP contribution in [-0.2, 0) is 7.05 Å². The number of benzene rings is 1. The number of nitrogens with zero attached hydrogens (tertiary/aromatic N) is 4. The quantitative estimate of drug-likeness (QED) is 0.595. The number of imidazole rings is 1. The van der Waals surface area contributed by atoms with Crippen LogP contribution in [0.3, 0.4) is 0 Å². The van der Waals surface area contributed by atoms with Crippen molar-refractivity contribution in [1.82, 2.24) is 19.7 Å². The van der Waals surface area contributed by atoms with E-state index in [1.165, 1.54) is 11.3 Å². The van der Waals surface area contributed by atoms with Gasteiger partial charge >= 0.3 is 0 Å². The lowest BCUT2D eigenvalue weighted by atomic mass is 10.1. The topological polar surface area (TPSA) is 85.8 Å². The highest BCUT2D eigenvalue weighted by atomic mass is 32.1. The largest absolute Gasteiger partial charge is 0.351 e. The van der Waals surface area contributed by atoms with Crippen LogP contribution in [0.25, 0.3) is 22.0 Å². The van der Waals surface area contributed by atoms with Crippen LogP contribution < -0.4 is 5.32 Å². The predicted octanol–water partition coefficient (Wildman–Crippen LogP) is 3.76. The van der Waals surface area contributed by atoms with Gasteiger partial charge in [0.2, 0.25) is 5.76 Å². The van der Waals surface area contributed by atoms with E-state index >= 15 is 0 Å². The first-order valence-electron chi connectivity index (χ1n) is 7.90. The van der Waals surface area contributed by atoms with Crippen molar-refractivity contribution in [2.75, 3.05) is 5.32 Å². The number of aromatic nitrogens is 4. The highest BCUT2D eigenvalue weighted by Gasteiger charge is 2.20. The highest BCUT2D eigenvalue weighted by Crippen LogP contribution is 2.38. The summed E-state index contributed by atoms with van der Waals surface area (Å²) in [6.07, 6.45) is 3.61. The number of amides is 1. The maximum atomic E-state index is 12.3. The van der Waals surface area contributed by atoms with Crippen molar-refractivity contribution in [3.63, 3.8) is 0 Å². The molecule has 1 aromatic carbocycles. The van der Waals surface area contributed by atoms with E-state index in [1.54, 1.807) is 19.2 Å². The minimum absolute atomic E-state index is 0.150. The van der Waals surface area contributed by atoms with E-state index in [9.17, 15) is 4.79 Å². The molecule has 130 valence electrons. The molecule has 7 nitrogen and oxygen atoms in total. The first-order valence-corrected chi connectivity index (χ1v) is 8.72. The Labute approximate surface area is 153 Å². The monoisotopic (exact) mass is 365 g/mol. The maximum Gasteiger partial charge on any atom is 0.296 e. The normalized spacial score (nSPS) is 10.8. The van der Waals surface area contributed by atoms with Gasteiger partial charge in [0.25, 0.3) is 5.91 Å². The molecule has 0 radical (unpaired) electrons. The molecule has 0 fully saturated rings. The van der Waals surface area contributed by atoms with Crippen LogP contribution in [0.5, 0.6) is 0 Å². The Kier molecular flexibility index (Phi) is 4.10. The molecular weight excluding hydrogens is 350 g/mol. The molecule has 0 unspecified atom stereocenters. The molecule has 4 rings (SSSR count). The summed E-state index contributed by atoms with van der Waals surface area (Å²) in [5.74, 6) is 0.556. The van der Waals surface area contributed by atoms with Crippen molar-refractivity contribution in [2.45, 2.75) is 6.92 Å². The Morgan fingerprint density at radius 1 is 1.27 bits per heavy atom. The van der Waals surface area contributed by atoms with Gasteiger partial charge in [-0.3, -0.25) is 10.1 Å². The van der Waals surface area contributed by atoms with Crippen LogP contribution >= 0.6 is 11.3 Å². The van der Waals surface area contributed by atoms with Crippen LogP contribution in [0.2, 0.25) is 0 Å². The lowest BCUT2D eigenvalue weighted by Crippen LogP contribution is -2.10. The van der Waals surface area contributed by atoms with Crippen LogP contribution in [0.4, 0.5) is 5.13 Å². The van der Waals surface area contributed by atoms with Gasteiger partial charge in [0.1, 0.15) is 0 Å². The van der Waals surface area contributed by atoms with Crippen molar-refractivity contribution < 1.29 is 9.32 Å². The summed E-state index contributed by atoms with van der Waals surface area (Å²) in [6, 6.07) is 11.4. The molecular formula is C18H15N5O2S. The first kappa shape index (κ1) is 16.2. The fourth-order valence-corrected chi connectivity index (χ4v) is 3.55. The fraction of sp³-hybridized carbons (Fsp3) is 0.111. The molecule has 0 saturated carbocycles. The molecule has 0 saturated heterocycles. The Morgan fingerprint density at radius 3 is 2.73 bits per heavy atom. The predicted molar refractivity (Wildman–Crippen MR) is 98.9 cm³/mol. The van der Waals surface area contributed by atoms with Gasteiger partial charge in [-0.2, -0.15) is 0 Å². The van der Waals surface area contributed by atoms with Crippen LogP contribution in [0.1, 0.15) is 16.2 Å². The number of rotatable bonds is 4. The van der Waals surface area contributed by atoms with Gasteiger partial charge in [-0.15, -0.1) is 0 Å². The Bertz CT molecular complexity index is 1060. The second kappa shape index (κ2) is 6.57. The van der Waals surface area contributed by atoms with Gasteiger partial charge in [-0.05, 0) is 6.92 Å². The van der Waals surface area contributed by atoms with Crippen molar-refractivity contribution in [2.24, 2.45) is 7.05 Å². The number of carbonyl (C=O) groups excluding carboxylic acids is 1. The number of thiazole rings is 1. The molecule has 0 atom stereocenters. The zero-order valence-corrected chi connectivity index (χ0v) is 14.9. The Balaban J connectivity index is 1.74. The maximum absolute atomic E-state index is 12.3.